The van der Waals surface area contributed by atoms with E-state index in [4.69, 9.17) is 0 Å². The summed E-state index contributed by atoms with van der Waals surface area (Å²) in [5.74, 6) is 0.907. The highest BCUT2D eigenvalue weighted by Crippen LogP contribution is 2.23. The Morgan fingerprint density at radius 1 is 0.719 bits per heavy atom. The van der Waals surface area contributed by atoms with Crippen LogP contribution in [0.5, 0.6) is 5.75 Å². The lowest BCUT2D eigenvalue weighted by Gasteiger charge is -2.09. The van der Waals surface area contributed by atoms with Gasteiger partial charge in [-0.3, -0.25) is 0 Å². The van der Waals surface area contributed by atoms with E-state index in [9.17, 15) is 9.50 Å². The van der Waals surface area contributed by atoms with Crippen molar-refractivity contribution in [2.24, 2.45) is 0 Å². The first-order chi connectivity index (χ1) is 15.7. The molecule has 170 valence electrons. The number of halogens is 1. The number of rotatable bonds is 13. The third kappa shape index (κ3) is 7.74. The van der Waals surface area contributed by atoms with Gasteiger partial charge in [-0.15, -0.1) is 0 Å². The van der Waals surface area contributed by atoms with Crippen molar-refractivity contribution >= 4 is 0 Å². The summed E-state index contributed by atoms with van der Waals surface area (Å²) in [4.78, 5) is 8.97. The summed E-state index contributed by atoms with van der Waals surface area (Å²) in [6, 6.07) is 15.1. The molecule has 3 rings (SSSR count). The molecule has 0 saturated carbocycles. The Kier molecular flexibility index (Phi) is 9.67. The summed E-state index contributed by atoms with van der Waals surface area (Å²) in [6.07, 6.45) is 13.5. The third-order valence-electron chi connectivity index (χ3n) is 5.93. The predicted octanol–water partition coefficient (Wildman–Crippen LogP) is 7.93. The molecule has 0 spiro atoms. The van der Waals surface area contributed by atoms with Crippen molar-refractivity contribution in [1.29, 1.82) is 0 Å². The van der Waals surface area contributed by atoms with Crippen molar-refractivity contribution in [2.45, 2.75) is 77.3 Å². The minimum Gasteiger partial charge on any atom is -0.508 e. The van der Waals surface area contributed by atoms with Gasteiger partial charge in [0.15, 0.2) is 5.82 Å². The minimum atomic E-state index is -0.707. The summed E-state index contributed by atoms with van der Waals surface area (Å²) < 4.78 is 14.2. The second-order valence-corrected chi connectivity index (χ2v) is 8.59. The van der Waals surface area contributed by atoms with Crippen LogP contribution in [0.3, 0.4) is 0 Å². The van der Waals surface area contributed by atoms with Crippen LogP contribution in [-0.4, -0.2) is 21.2 Å². The Balaban J connectivity index is 1.42. The number of benzene rings is 2. The molecule has 0 radical (unpaired) electrons. The molecule has 0 aliphatic heterocycles. The Labute approximate surface area is 191 Å². The first kappa shape index (κ1) is 23.9. The van der Waals surface area contributed by atoms with Gasteiger partial charge in [-0.25, -0.2) is 14.4 Å². The van der Waals surface area contributed by atoms with Crippen molar-refractivity contribution in [3.63, 3.8) is 0 Å². The maximum absolute atomic E-state index is 14.2. The van der Waals surface area contributed by atoms with Crippen LogP contribution in [0, 0.1) is 0 Å². The molecule has 0 amide bonds. The van der Waals surface area contributed by atoms with E-state index in [1.807, 2.05) is 36.4 Å². The summed E-state index contributed by atoms with van der Waals surface area (Å²) in [7, 11) is 0. The number of aryl methyl sites for hydroxylation is 1. The molecule has 0 unspecified atom stereocenters. The van der Waals surface area contributed by atoms with Crippen molar-refractivity contribution in [3.05, 3.63) is 66.5 Å². The summed E-state index contributed by atoms with van der Waals surface area (Å²) in [5.41, 5.74) is 3.96. The lowest BCUT2D eigenvalue weighted by atomic mass is 10.0. The van der Waals surface area contributed by atoms with Gasteiger partial charge in [0.2, 0.25) is 0 Å². The van der Waals surface area contributed by atoms with Crippen molar-refractivity contribution in [3.8, 4) is 28.3 Å². The number of hydrogen-bond acceptors (Lipinski definition) is 3. The van der Waals surface area contributed by atoms with Gasteiger partial charge >= 0.3 is 0 Å². The fraction of sp³-hybridized carbons (Fsp3) is 0.429. The number of aromatic nitrogens is 2. The molecule has 2 aromatic carbocycles. The Morgan fingerprint density at radius 3 is 1.97 bits per heavy atom. The molecule has 32 heavy (non-hydrogen) atoms. The van der Waals surface area contributed by atoms with Crippen molar-refractivity contribution < 1.29 is 9.50 Å². The molecule has 1 aromatic heterocycles. The molecule has 0 fully saturated rings. The first-order valence-electron chi connectivity index (χ1n) is 12.0. The molecule has 3 aromatic rings. The Bertz CT molecular complexity index is 908. The van der Waals surface area contributed by atoms with Gasteiger partial charge in [0.05, 0.1) is 0 Å². The lowest BCUT2D eigenvalue weighted by Crippen LogP contribution is -2.02. The maximum atomic E-state index is 14.2. The van der Waals surface area contributed by atoms with E-state index in [0.29, 0.717) is 18.7 Å². The highest BCUT2D eigenvalue weighted by atomic mass is 19.1. The topological polar surface area (TPSA) is 46.0 Å². The van der Waals surface area contributed by atoms with Crippen LogP contribution < -0.4 is 0 Å². The highest BCUT2D eigenvalue weighted by Gasteiger charge is 2.08. The molecule has 0 bridgehead atoms. The van der Waals surface area contributed by atoms with Crippen LogP contribution in [0.2, 0.25) is 0 Å². The van der Waals surface area contributed by atoms with Gasteiger partial charge in [-0.05, 0) is 42.5 Å². The fourth-order valence-electron chi connectivity index (χ4n) is 3.89. The van der Waals surface area contributed by atoms with E-state index in [0.717, 1.165) is 41.5 Å². The number of phenols is 1. The maximum Gasteiger partial charge on any atom is 0.159 e. The Hall–Kier alpha value is -2.75. The van der Waals surface area contributed by atoms with E-state index in [2.05, 4.69) is 16.9 Å². The van der Waals surface area contributed by atoms with Crippen LogP contribution in [0.1, 0.15) is 70.3 Å². The molecule has 1 heterocycles. The quantitative estimate of drug-likeness (QED) is 0.278. The largest absolute Gasteiger partial charge is 0.508 e. The highest BCUT2D eigenvalue weighted by molar-refractivity contribution is 5.64. The summed E-state index contributed by atoms with van der Waals surface area (Å²) in [5, 5.41) is 9.42. The number of nitrogens with zero attached hydrogens (tertiary/aromatic N) is 2. The number of unbranched alkanes of at least 4 members (excludes halogenated alkanes) is 6. The zero-order valence-electron chi connectivity index (χ0n) is 19.1. The van der Waals surface area contributed by atoms with Crippen molar-refractivity contribution in [1.82, 2.24) is 9.97 Å². The Morgan fingerprint density at radius 2 is 1.31 bits per heavy atom. The van der Waals surface area contributed by atoms with E-state index >= 15 is 0 Å². The number of alkyl halides is 1. The minimum absolute atomic E-state index is 0.239. The molecule has 1 atom stereocenters. The second-order valence-electron chi connectivity index (χ2n) is 8.59. The van der Waals surface area contributed by atoms with Crippen LogP contribution in [0.25, 0.3) is 22.5 Å². The normalized spacial score (nSPS) is 12.1. The average molecular weight is 435 g/mol. The zero-order chi connectivity index (χ0) is 22.6. The predicted molar refractivity (Wildman–Crippen MR) is 130 cm³/mol. The molecule has 0 aliphatic carbocycles. The molecular weight excluding hydrogens is 399 g/mol. The molecular formula is C28H35FN2O. The van der Waals surface area contributed by atoms with Crippen LogP contribution in [0.15, 0.2) is 60.9 Å². The van der Waals surface area contributed by atoms with E-state index in [1.165, 1.54) is 32.1 Å². The van der Waals surface area contributed by atoms with Crippen LogP contribution in [-0.2, 0) is 6.42 Å². The average Bonchev–Trinajstić information content (AvgIpc) is 2.83. The van der Waals surface area contributed by atoms with Gasteiger partial charge in [0.1, 0.15) is 11.9 Å². The monoisotopic (exact) mass is 434 g/mol. The summed E-state index contributed by atoms with van der Waals surface area (Å²) in [6.45, 7) is 2.23. The van der Waals surface area contributed by atoms with Crippen molar-refractivity contribution in [2.75, 3.05) is 0 Å². The number of phenolic OH excluding ortho intramolecular Hbond substituents is 1. The second kappa shape index (κ2) is 12.9. The summed E-state index contributed by atoms with van der Waals surface area (Å²) >= 11 is 0. The van der Waals surface area contributed by atoms with E-state index < -0.39 is 6.17 Å². The molecule has 3 nitrogen and oxygen atoms in total. The number of aromatic hydroxyl groups is 1. The van der Waals surface area contributed by atoms with Crippen LogP contribution in [0.4, 0.5) is 4.39 Å². The lowest BCUT2D eigenvalue weighted by molar-refractivity contribution is 0.287. The third-order valence-corrected chi connectivity index (χ3v) is 5.93. The van der Waals surface area contributed by atoms with Gasteiger partial charge in [0.25, 0.3) is 0 Å². The SMILES string of the molecule is CCCCCCCCC[C@H](F)CCc1ccc(-c2ncc(-c3ccc(O)cc3)cn2)cc1. The number of hydrogen-bond donors (Lipinski definition) is 1. The van der Waals surface area contributed by atoms with E-state index in [1.54, 1.807) is 24.5 Å². The molecule has 4 heteroatoms. The van der Waals surface area contributed by atoms with Crippen LogP contribution >= 0.6 is 0 Å². The molecule has 1 N–H and O–H groups in total. The fourth-order valence-corrected chi connectivity index (χ4v) is 3.89. The molecule has 0 saturated heterocycles. The standard InChI is InChI=1S/C28H35FN2O/c1-2-3-4-5-6-7-8-9-26(29)17-12-22-10-13-24(14-11-22)28-30-20-25(21-31-28)23-15-18-27(32)19-16-23/h10-11,13-16,18-21,26,32H,2-9,12,17H2,1H3/t26-/m0/s1. The zero-order valence-corrected chi connectivity index (χ0v) is 19.1. The molecule has 0 aliphatic rings. The van der Waals surface area contributed by atoms with Gasteiger partial charge < -0.3 is 5.11 Å². The smallest absolute Gasteiger partial charge is 0.159 e. The van der Waals surface area contributed by atoms with Gasteiger partial charge in [-0.1, -0.05) is 88.3 Å². The van der Waals surface area contributed by atoms with Gasteiger partial charge in [0, 0.05) is 23.5 Å². The van der Waals surface area contributed by atoms with E-state index in [-0.39, 0.29) is 5.75 Å². The first-order valence-corrected chi connectivity index (χ1v) is 12.0. The van der Waals surface area contributed by atoms with Gasteiger partial charge in [-0.2, -0.15) is 0 Å².